The lowest BCUT2D eigenvalue weighted by molar-refractivity contribution is -0.235. The SMILES string of the molecule is CCOC(=O)c1sc2nc(C)nc(NCC(OCC)(OCC)c3ccccn3)c2c1C. The first-order valence-corrected chi connectivity index (χ1v) is 11.2. The van der Waals surface area contributed by atoms with Crippen LogP contribution in [0.5, 0.6) is 0 Å². The predicted octanol–water partition coefficient (Wildman–Crippen LogP) is 4.22. The largest absolute Gasteiger partial charge is 0.462 e. The minimum Gasteiger partial charge on any atom is -0.462 e. The van der Waals surface area contributed by atoms with Gasteiger partial charge < -0.3 is 19.5 Å². The van der Waals surface area contributed by atoms with E-state index in [9.17, 15) is 4.79 Å². The average Bonchev–Trinajstić information content (AvgIpc) is 3.09. The number of hydrogen-bond donors (Lipinski definition) is 1. The molecule has 0 saturated carbocycles. The number of fused-ring (bicyclic) bond motifs is 1. The molecule has 0 fully saturated rings. The number of nitrogens with one attached hydrogen (secondary N) is 1. The van der Waals surface area contributed by atoms with Crippen LogP contribution in [0.4, 0.5) is 5.82 Å². The van der Waals surface area contributed by atoms with Crippen LogP contribution in [-0.2, 0) is 20.0 Å². The van der Waals surface area contributed by atoms with Crippen LogP contribution < -0.4 is 5.32 Å². The van der Waals surface area contributed by atoms with E-state index in [1.807, 2.05) is 45.9 Å². The van der Waals surface area contributed by atoms with Gasteiger partial charge in [0, 0.05) is 19.4 Å². The zero-order valence-electron chi connectivity index (χ0n) is 18.5. The summed E-state index contributed by atoms with van der Waals surface area (Å²) in [5, 5.41) is 4.17. The van der Waals surface area contributed by atoms with Gasteiger partial charge in [-0.25, -0.2) is 14.8 Å². The van der Waals surface area contributed by atoms with Gasteiger partial charge in [0.25, 0.3) is 0 Å². The Morgan fingerprint density at radius 1 is 1.10 bits per heavy atom. The molecule has 0 saturated heterocycles. The highest BCUT2D eigenvalue weighted by Gasteiger charge is 2.36. The van der Waals surface area contributed by atoms with E-state index in [2.05, 4.69) is 20.3 Å². The van der Waals surface area contributed by atoms with Crippen LogP contribution in [0, 0.1) is 13.8 Å². The lowest BCUT2D eigenvalue weighted by Crippen LogP contribution is -2.41. The van der Waals surface area contributed by atoms with Crippen LogP contribution in [0.25, 0.3) is 10.2 Å². The molecule has 1 N–H and O–H groups in total. The Hall–Kier alpha value is -2.62. The third-order valence-corrected chi connectivity index (χ3v) is 5.83. The van der Waals surface area contributed by atoms with Gasteiger partial charge >= 0.3 is 5.97 Å². The van der Waals surface area contributed by atoms with Gasteiger partial charge in [-0.3, -0.25) is 4.98 Å². The predicted molar refractivity (Wildman–Crippen MR) is 121 cm³/mol. The monoisotopic (exact) mass is 444 g/mol. The first kappa shape index (κ1) is 23.1. The number of aryl methyl sites for hydroxylation is 2. The summed E-state index contributed by atoms with van der Waals surface area (Å²) in [6, 6.07) is 5.63. The number of esters is 1. The smallest absolute Gasteiger partial charge is 0.348 e. The van der Waals surface area contributed by atoms with Gasteiger partial charge in [0.15, 0.2) is 0 Å². The van der Waals surface area contributed by atoms with Gasteiger partial charge in [0.2, 0.25) is 5.79 Å². The Morgan fingerprint density at radius 3 is 2.45 bits per heavy atom. The Balaban J connectivity index is 2.02. The molecule has 3 heterocycles. The minimum atomic E-state index is -1.08. The van der Waals surface area contributed by atoms with Crippen LogP contribution in [-0.4, -0.2) is 47.3 Å². The number of pyridine rings is 1. The number of anilines is 1. The molecule has 3 aromatic heterocycles. The van der Waals surface area contributed by atoms with Crippen molar-refractivity contribution in [1.82, 2.24) is 15.0 Å². The zero-order valence-corrected chi connectivity index (χ0v) is 19.3. The molecule has 0 atom stereocenters. The molecule has 0 radical (unpaired) electrons. The van der Waals surface area contributed by atoms with Crippen molar-refractivity contribution >= 4 is 33.3 Å². The quantitative estimate of drug-likeness (QED) is 0.367. The molecule has 9 heteroatoms. The Bertz CT molecular complexity index is 1030. The first-order chi connectivity index (χ1) is 15.0. The molecule has 0 aliphatic heterocycles. The van der Waals surface area contributed by atoms with Crippen molar-refractivity contribution in [1.29, 1.82) is 0 Å². The highest BCUT2D eigenvalue weighted by atomic mass is 32.1. The Labute approximate surface area is 186 Å². The van der Waals surface area contributed by atoms with Gasteiger partial charge in [0.1, 0.15) is 27.0 Å². The van der Waals surface area contributed by atoms with Gasteiger partial charge in [-0.05, 0) is 52.3 Å². The molecule has 0 aliphatic carbocycles. The molecule has 3 aromatic rings. The number of carbonyl (C=O) groups excluding carboxylic acids is 1. The van der Waals surface area contributed by atoms with Crippen molar-refractivity contribution in [2.75, 3.05) is 31.7 Å². The molecule has 0 aromatic carbocycles. The third kappa shape index (κ3) is 4.84. The van der Waals surface area contributed by atoms with Crippen molar-refractivity contribution < 1.29 is 19.0 Å². The van der Waals surface area contributed by atoms with E-state index < -0.39 is 5.79 Å². The second kappa shape index (κ2) is 10.1. The molecule has 31 heavy (non-hydrogen) atoms. The molecule has 0 spiro atoms. The standard InChI is InChI=1S/C22H28N4O4S/c1-6-28-21(27)18-14(4)17-19(25-15(5)26-20(17)31-18)24-13-22(29-7-2,30-8-3)16-11-9-10-12-23-16/h9-12H,6-8,13H2,1-5H3,(H,24,25,26). The second-order valence-electron chi connectivity index (χ2n) is 6.76. The summed E-state index contributed by atoms with van der Waals surface area (Å²) in [5.41, 5.74) is 1.46. The van der Waals surface area contributed by atoms with E-state index in [0.717, 1.165) is 15.8 Å². The third-order valence-electron chi connectivity index (χ3n) is 4.66. The molecule has 8 nitrogen and oxygen atoms in total. The normalized spacial score (nSPS) is 11.6. The number of ether oxygens (including phenoxy) is 3. The Kier molecular flexibility index (Phi) is 7.53. The molecule has 0 unspecified atom stereocenters. The maximum Gasteiger partial charge on any atom is 0.348 e. The van der Waals surface area contributed by atoms with E-state index in [1.165, 1.54) is 11.3 Å². The molecular formula is C22H28N4O4S. The van der Waals surface area contributed by atoms with Crippen LogP contribution in [0.1, 0.15) is 47.5 Å². The van der Waals surface area contributed by atoms with E-state index in [0.29, 0.717) is 42.0 Å². The maximum atomic E-state index is 12.4. The van der Waals surface area contributed by atoms with Crippen LogP contribution >= 0.6 is 11.3 Å². The number of aromatic nitrogens is 3. The average molecular weight is 445 g/mol. The number of rotatable bonds is 10. The minimum absolute atomic E-state index is 0.279. The maximum absolute atomic E-state index is 12.4. The highest BCUT2D eigenvalue weighted by molar-refractivity contribution is 7.20. The molecule has 0 amide bonds. The van der Waals surface area contributed by atoms with Crippen molar-refractivity contribution in [3.8, 4) is 0 Å². The van der Waals surface area contributed by atoms with Crippen molar-refractivity contribution in [3.05, 3.63) is 46.4 Å². The second-order valence-corrected chi connectivity index (χ2v) is 7.76. The molecule has 0 bridgehead atoms. The lowest BCUT2D eigenvalue weighted by atomic mass is 10.1. The van der Waals surface area contributed by atoms with Crippen molar-refractivity contribution in [2.45, 2.75) is 40.4 Å². The summed E-state index contributed by atoms with van der Waals surface area (Å²) in [7, 11) is 0. The fourth-order valence-corrected chi connectivity index (χ4v) is 4.52. The van der Waals surface area contributed by atoms with E-state index in [1.54, 1.807) is 13.1 Å². The number of nitrogens with zero attached hydrogens (tertiary/aromatic N) is 3. The topological polar surface area (TPSA) is 95.5 Å². The number of carbonyl (C=O) groups is 1. The highest BCUT2D eigenvalue weighted by Crippen LogP contribution is 2.35. The summed E-state index contributed by atoms with van der Waals surface area (Å²) in [4.78, 5) is 27.2. The van der Waals surface area contributed by atoms with Crippen LogP contribution in [0.15, 0.2) is 24.4 Å². The fraction of sp³-hybridized carbons (Fsp3) is 0.455. The first-order valence-electron chi connectivity index (χ1n) is 10.3. The van der Waals surface area contributed by atoms with E-state index >= 15 is 0 Å². The number of hydrogen-bond acceptors (Lipinski definition) is 9. The van der Waals surface area contributed by atoms with E-state index in [4.69, 9.17) is 14.2 Å². The van der Waals surface area contributed by atoms with Gasteiger partial charge in [0.05, 0.1) is 18.5 Å². The molecule has 3 rings (SSSR count). The summed E-state index contributed by atoms with van der Waals surface area (Å²) < 4.78 is 17.3. The summed E-state index contributed by atoms with van der Waals surface area (Å²) in [6.07, 6.45) is 1.71. The molecule has 0 aliphatic rings. The Morgan fingerprint density at radius 2 is 1.84 bits per heavy atom. The van der Waals surface area contributed by atoms with Gasteiger partial charge in [-0.15, -0.1) is 11.3 Å². The van der Waals surface area contributed by atoms with E-state index in [-0.39, 0.29) is 12.5 Å². The van der Waals surface area contributed by atoms with Crippen molar-refractivity contribution in [3.63, 3.8) is 0 Å². The van der Waals surface area contributed by atoms with Gasteiger partial charge in [-0.1, -0.05) is 6.07 Å². The van der Waals surface area contributed by atoms with Crippen LogP contribution in [0.2, 0.25) is 0 Å². The van der Waals surface area contributed by atoms with Crippen LogP contribution in [0.3, 0.4) is 0 Å². The summed E-state index contributed by atoms with van der Waals surface area (Å²) in [5.74, 6) is -0.211. The van der Waals surface area contributed by atoms with Gasteiger partial charge in [-0.2, -0.15) is 0 Å². The molecular weight excluding hydrogens is 416 g/mol. The zero-order chi connectivity index (χ0) is 22.4. The molecule has 166 valence electrons. The number of thiophene rings is 1. The fourth-order valence-electron chi connectivity index (χ4n) is 3.40. The lowest BCUT2D eigenvalue weighted by Gasteiger charge is -2.33. The summed E-state index contributed by atoms with van der Waals surface area (Å²) in [6.45, 7) is 10.8. The van der Waals surface area contributed by atoms with Crippen molar-refractivity contribution in [2.24, 2.45) is 0 Å². The summed E-state index contributed by atoms with van der Waals surface area (Å²) >= 11 is 1.31.